The second-order valence-corrected chi connectivity index (χ2v) is 10.8. The van der Waals surface area contributed by atoms with Crippen LogP contribution in [0.25, 0.3) is 27.1 Å². The van der Waals surface area contributed by atoms with Crippen molar-refractivity contribution in [2.75, 3.05) is 6.67 Å². The molecule has 0 bridgehead atoms. The smallest absolute Gasteiger partial charge is 0.335 e. The number of hydrogen-bond donors (Lipinski definition) is 1. The number of ether oxygens (including phenoxy) is 1. The lowest BCUT2D eigenvalue weighted by Gasteiger charge is -2.16. The Bertz CT molecular complexity index is 1910. The monoisotopic (exact) mass is 582 g/mol. The summed E-state index contributed by atoms with van der Waals surface area (Å²) in [5.41, 5.74) is 2.55. The third-order valence-electron chi connectivity index (χ3n) is 7.77. The van der Waals surface area contributed by atoms with Gasteiger partial charge < -0.3 is 14.4 Å². The molecule has 3 aromatic carbocycles. The highest BCUT2D eigenvalue weighted by Crippen LogP contribution is 2.48. The van der Waals surface area contributed by atoms with E-state index in [1.165, 1.54) is 30.3 Å². The minimum atomic E-state index is -1.07. The molecule has 0 amide bonds. The van der Waals surface area contributed by atoms with E-state index in [2.05, 4.69) is 14.8 Å². The first-order valence-corrected chi connectivity index (χ1v) is 13.6. The molecule has 43 heavy (non-hydrogen) atoms. The summed E-state index contributed by atoms with van der Waals surface area (Å²) < 4.78 is 51.0. The Morgan fingerprint density at radius 3 is 2.49 bits per heavy atom. The van der Waals surface area contributed by atoms with Gasteiger partial charge in [-0.1, -0.05) is 30.3 Å². The number of nitrogens with zero attached hydrogens (tertiary/aromatic N) is 4. The average molecular weight is 583 g/mol. The topological polar surface area (TPSA) is 81.6 Å². The summed E-state index contributed by atoms with van der Waals surface area (Å²) in [6.07, 6.45) is 1.58. The molecule has 0 spiro atoms. The predicted molar refractivity (Wildman–Crippen MR) is 154 cm³/mol. The van der Waals surface area contributed by atoms with Gasteiger partial charge >= 0.3 is 5.97 Å². The SMILES string of the molecule is [C-]#[N+]c1ccc(COc2cccc(-c3ccc(Cc4nc5ccc(C(=O)O)cc5n4CC4(CF)CC4)c(F)c3)n2)c(F)c1. The number of alkyl halides is 1. The molecule has 216 valence electrons. The van der Waals surface area contributed by atoms with Crippen LogP contribution in [-0.4, -0.2) is 32.3 Å². The van der Waals surface area contributed by atoms with E-state index in [1.807, 2.05) is 4.57 Å². The fraction of sp³-hybridized carbons (Fsp3) is 0.212. The van der Waals surface area contributed by atoms with E-state index in [-0.39, 0.29) is 35.7 Å². The zero-order valence-corrected chi connectivity index (χ0v) is 22.9. The van der Waals surface area contributed by atoms with E-state index in [1.54, 1.807) is 36.4 Å². The van der Waals surface area contributed by atoms with Crippen molar-refractivity contribution < 1.29 is 27.8 Å². The largest absolute Gasteiger partial charge is 0.478 e. The molecule has 2 aromatic heterocycles. The highest BCUT2D eigenvalue weighted by Gasteiger charge is 2.43. The van der Waals surface area contributed by atoms with Gasteiger partial charge in [0, 0.05) is 35.6 Å². The highest BCUT2D eigenvalue weighted by molar-refractivity contribution is 5.92. The van der Waals surface area contributed by atoms with Crippen LogP contribution in [0.5, 0.6) is 5.88 Å². The van der Waals surface area contributed by atoms with Crippen LogP contribution < -0.4 is 4.74 Å². The van der Waals surface area contributed by atoms with Crippen molar-refractivity contribution >= 4 is 22.7 Å². The van der Waals surface area contributed by atoms with E-state index < -0.39 is 29.7 Å². The highest BCUT2D eigenvalue weighted by atomic mass is 19.1. The molecular weight excluding hydrogens is 557 g/mol. The Hall–Kier alpha value is -5.17. The van der Waals surface area contributed by atoms with Gasteiger partial charge in [-0.2, -0.15) is 0 Å². The number of pyridine rings is 1. The zero-order chi connectivity index (χ0) is 30.1. The van der Waals surface area contributed by atoms with Crippen LogP contribution in [0.15, 0.2) is 72.8 Å². The van der Waals surface area contributed by atoms with E-state index in [4.69, 9.17) is 11.3 Å². The molecule has 1 saturated carbocycles. The van der Waals surface area contributed by atoms with Crippen molar-refractivity contribution in [1.29, 1.82) is 0 Å². The summed E-state index contributed by atoms with van der Waals surface area (Å²) in [6.45, 7) is 6.74. The molecule has 0 unspecified atom stereocenters. The molecule has 0 saturated heterocycles. The summed E-state index contributed by atoms with van der Waals surface area (Å²) in [5, 5.41) is 9.48. The lowest BCUT2D eigenvalue weighted by Crippen LogP contribution is -2.16. The summed E-state index contributed by atoms with van der Waals surface area (Å²) in [4.78, 5) is 23.9. The molecule has 1 N–H and O–H groups in total. The molecule has 5 aromatic rings. The second-order valence-electron chi connectivity index (χ2n) is 10.8. The number of carboxylic acids is 1. The maximum absolute atomic E-state index is 15.5. The third-order valence-corrected chi connectivity index (χ3v) is 7.77. The van der Waals surface area contributed by atoms with Crippen LogP contribution in [-0.2, 0) is 19.6 Å². The quantitative estimate of drug-likeness (QED) is 0.172. The molecule has 0 aliphatic heterocycles. The molecule has 1 aliphatic rings. The predicted octanol–water partition coefficient (Wildman–Crippen LogP) is 7.54. The first-order chi connectivity index (χ1) is 20.8. The van der Waals surface area contributed by atoms with Gasteiger partial charge in [0.2, 0.25) is 5.88 Å². The van der Waals surface area contributed by atoms with Gasteiger partial charge in [0.15, 0.2) is 5.69 Å². The van der Waals surface area contributed by atoms with E-state index in [0.717, 1.165) is 18.9 Å². The van der Waals surface area contributed by atoms with Crippen molar-refractivity contribution in [1.82, 2.24) is 14.5 Å². The Labute approximate surface area is 245 Å². The van der Waals surface area contributed by atoms with Gasteiger partial charge in [0.25, 0.3) is 0 Å². The minimum Gasteiger partial charge on any atom is -0.478 e. The van der Waals surface area contributed by atoms with Gasteiger partial charge in [-0.05, 0) is 54.8 Å². The standard InChI is InChI=1S/C33H25F3N4O3/c1-37-24-9-7-23(26(36)16-24)17-43-31-4-2-3-27(39-31)21-6-5-20(25(35)13-21)15-30-38-28-10-8-22(32(41)42)14-29(28)40(30)19-33(18-34)11-12-33/h2-10,13-14,16H,11-12,15,17-19H2,(H,41,42). The summed E-state index contributed by atoms with van der Waals surface area (Å²) in [5.74, 6) is -1.35. The van der Waals surface area contributed by atoms with Crippen LogP contribution >= 0.6 is 0 Å². The Balaban J connectivity index is 1.24. The first kappa shape index (κ1) is 28.0. The summed E-state index contributed by atoms with van der Waals surface area (Å²) >= 11 is 0. The number of hydrogen-bond acceptors (Lipinski definition) is 4. The Morgan fingerprint density at radius 1 is 1.00 bits per heavy atom. The van der Waals surface area contributed by atoms with E-state index >= 15 is 4.39 Å². The van der Waals surface area contributed by atoms with Gasteiger partial charge in [-0.25, -0.2) is 28.4 Å². The fourth-order valence-corrected chi connectivity index (χ4v) is 5.01. The maximum atomic E-state index is 15.5. The van der Waals surface area contributed by atoms with Crippen LogP contribution in [0.2, 0.25) is 0 Å². The van der Waals surface area contributed by atoms with E-state index in [0.29, 0.717) is 40.2 Å². The molecular formula is C33H25F3N4O3. The minimum absolute atomic E-state index is 0.0908. The number of benzene rings is 3. The lowest BCUT2D eigenvalue weighted by molar-refractivity contribution is 0.0697. The van der Waals surface area contributed by atoms with Gasteiger partial charge in [-0.15, -0.1) is 0 Å². The third kappa shape index (κ3) is 5.79. The summed E-state index contributed by atoms with van der Waals surface area (Å²) in [7, 11) is 0. The second kappa shape index (κ2) is 11.2. The van der Waals surface area contributed by atoms with Gasteiger partial charge in [0.05, 0.1) is 35.5 Å². The Kier molecular flexibility index (Phi) is 7.32. The van der Waals surface area contributed by atoms with Crippen LogP contribution in [0.3, 0.4) is 0 Å². The summed E-state index contributed by atoms with van der Waals surface area (Å²) in [6, 6.07) is 18.5. The molecule has 1 aliphatic carbocycles. The molecule has 6 rings (SSSR count). The van der Waals surface area contributed by atoms with Crippen molar-refractivity contribution in [3.8, 4) is 17.1 Å². The number of halogens is 3. The fourth-order valence-electron chi connectivity index (χ4n) is 5.01. The molecule has 1 fully saturated rings. The van der Waals surface area contributed by atoms with Crippen molar-refractivity contribution in [3.63, 3.8) is 0 Å². The lowest BCUT2D eigenvalue weighted by atomic mass is 10.0. The number of rotatable bonds is 10. The Morgan fingerprint density at radius 2 is 1.79 bits per heavy atom. The number of fused-ring (bicyclic) bond motifs is 1. The number of carboxylic acid groups (broad SMARTS) is 1. The van der Waals surface area contributed by atoms with Crippen molar-refractivity contribution in [2.45, 2.75) is 32.4 Å². The first-order valence-electron chi connectivity index (χ1n) is 13.6. The van der Waals surface area contributed by atoms with Crippen LogP contribution in [0.4, 0.5) is 18.9 Å². The maximum Gasteiger partial charge on any atom is 0.335 e. The van der Waals surface area contributed by atoms with Crippen molar-refractivity contribution in [2.24, 2.45) is 5.41 Å². The zero-order valence-electron chi connectivity index (χ0n) is 22.9. The van der Waals surface area contributed by atoms with Crippen LogP contribution in [0.1, 0.15) is 40.2 Å². The number of imidazole rings is 1. The van der Waals surface area contributed by atoms with Gasteiger partial charge in [0.1, 0.15) is 24.1 Å². The van der Waals surface area contributed by atoms with Crippen LogP contribution in [0, 0.1) is 23.6 Å². The van der Waals surface area contributed by atoms with Crippen molar-refractivity contribution in [3.05, 3.63) is 118 Å². The van der Waals surface area contributed by atoms with E-state index in [9.17, 15) is 18.7 Å². The molecule has 10 heteroatoms. The molecule has 7 nitrogen and oxygen atoms in total. The molecule has 0 radical (unpaired) electrons. The average Bonchev–Trinajstić information content (AvgIpc) is 3.72. The molecule has 2 heterocycles. The molecule has 0 atom stereocenters. The number of carbonyl (C=O) groups is 1. The number of aromatic nitrogens is 3. The normalized spacial score (nSPS) is 13.5. The van der Waals surface area contributed by atoms with Gasteiger partial charge in [-0.3, -0.25) is 4.39 Å². The number of aromatic carboxylic acids is 1.